The van der Waals surface area contributed by atoms with Gasteiger partial charge >= 0.3 is 6.03 Å². The van der Waals surface area contributed by atoms with Crippen molar-refractivity contribution in [2.75, 3.05) is 6.54 Å². The maximum Gasteiger partial charge on any atom is 0.312 e. The number of primary amides is 1. The fourth-order valence-corrected chi connectivity index (χ4v) is 3.45. The van der Waals surface area contributed by atoms with Gasteiger partial charge in [0, 0.05) is 30.1 Å². The van der Waals surface area contributed by atoms with Crippen molar-refractivity contribution in [3.05, 3.63) is 57.3 Å². The second-order valence-electron chi connectivity index (χ2n) is 5.26. The van der Waals surface area contributed by atoms with Crippen molar-refractivity contribution in [2.45, 2.75) is 19.5 Å². The highest BCUT2D eigenvalue weighted by molar-refractivity contribution is 7.10. The van der Waals surface area contributed by atoms with E-state index in [2.05, 4.69) is 16.8 Å². The Morgan fingerprint density at radius 1 is 1.23 bits per heavy atom. The van der Waals surface area contributed by atoms with Gasteiger partial charge in [0.2, 0.25) is 0 Å². The number of nitrogens with two attached hydrogens (primary N) is 1. The summed E-state index contributed by atoms with van der Waals surface area (Å²) in [6.07, 6.45) is 0.930. The van der Waals surface area contributed by atoms with Crippen LogP contribution in [0.25, 0.3) is 0 Å². The molecule has 5 nitrogen and oxygen atoms in total. The highest BCUT2D eigenvalue weighted by Crippen LogP contribution is 2.25. The zero-order valence-corrected chi connectivity index (χ0v) is 12.9. The predicted molar refractivity (Wildman–Crippen MR) is 85.6 cm³/mol. The number of nitrogens with zero attached hydrogens (tertiary/aromatic N) is 1. The van der Waals surface area contributed by atoms with E-state index >= 15 is 0 Å². The first kappa shape index (κ1) is 14.6. The molecule has 3 N–H and O–H groups in total. The standard InChI is InChI=1S/C16H17N3O2S/c17-16(21)18-9-11-1-3-12(4-2-11)15(20)19-7-5-14-13(10-19)6-8-22-14/h1-4,6,8H,5,7,9-10H2,(H3,17,18,21). The highest BCUT2D eigenvalue weighted by Gasteiger charge is 2.22. The normalized spacial score (nSPS) is 13.5. The van der Waals surface area contributed by atoms with Gasteiger partial charge in [0.25, 0.3) is 5.91 Å². The van der Waals surface area contributed by atoms with Crippen LogP contribution >= 0.6 is 11.3 Å². The lowest BCUT2D eigenvalue weighted by atomic mass is 10.1. The number of carbonyl (C=O) groups excluding carboxylic acids is 2. The fraction of sp³-hybridized carbons (Fsp3) is 0.250. The van der Waals surface area contributed by atoms with Crippen LogP contribution < -0.4 is 11.1 Å². The Kier molecular flexibility index (Phi) is 4.11. The summed E-state index contributed by atoms with van der Waals surface area (Å²) in [5.74, 6) is 0.0475. The molecule has 0 radical (unpaired) electrons. The molecule has 0 atom stereocenters. The summed E-state index contributed by atoms with van der Waals surface area (Å²) < 4.78 is 0. The summed E-state index contributed by atoms with van der Waals surface area (Å²) in [5, 5.41) is 4.61. The van der Waals surface area contributed by atoms with Crippen LogP contribution in [0.1, 0.15) is 26.4 Å². The predicted octanol–water partition coefficient (Wildman–Crippen LogP) is 2.11. The summed E-state index contributed by atoms with van der Waals surface area (Å²) in [6.45, 7) is 1.81. The van der Waals surface area contributed by atoms with Gasteiger partial charge in [-0.1, -0.05) is 12.1 Å². The second-order valence-corrected chi connectivity index (χ2v) is 6.26. The Morgan fingerprint density at radius 3 is 2.73 bits per heavy atom. The van der Waals surface area contributed by atoms with Crippen LogP contribution in [0.15, 0.2) is 35.7 Å². The van der Waals surface area contributed by atoms with Crippen LogP contribution in [0.3, 0.4) is 0 Å². The second kappa shape index (κ2) is 6.19. The average Bonchev–Trinajstić information content (AvgIpc) is 3.00. The minimum Gasteiger partial charge on any atom is -0.352 e. The quantitative estimate of drug-likeness (QED) is 0.910. The van der Waals surface area contributed by atoms with E-state index in [0.717, 1.165) is 18.5 Å². The van der Waals surface area contributed by atoms with E-state index in [1.165, 1.54) is 10.4 Å². The molecule has 0 fully saturated rings. The van der Waals surface area contributed by atoms with Gasteiger partial charge in [-0.05, 0) is 41.1 Å². The lowest BCUT2D eigenvalue weighted by molar-refractivity contribution is 0.0736. The van der Waals surface area contributed by atoms with E-state index in [9.17, 15) is 9.59 Å². The molecule has 0 unspecified atom stereocenters. The molecule has 0 saturated carbocycles. The number of fused-ring (bicyclic) bond motifs is 1. The van der Waals surface area contributed by atoms with Crippen molar-refractivity contribution in [1.29, 1.82) is 0 Å². The van der Waals surface area contributed by atoms with Gasteiger partial charge < -0.3 is 16.0 Å². The first-order chi connectivity index (χ1) is 10.6. The van der Waals surface area contributed by atoms with Gasteiger partial charge in [0.05, 0.1) is 0 Å². The summed E-state index contributed by atoms with van der Waals surface area (Å²) in [7, 11) is 0. The van der Waals surface area contributed by atoms with Crippen LogP contribution in [0.4, 0.5) is 4.79 Å². The van der Waals surface area contributed by atoms with Gasteiger partial charge in [-0.25, -0.2) is 4.79 Å². The lowest BCUT2D eigenvalue weighted by Gasteiger charge is -2.27. The number of hydrogen-bond donors (Lipinski definition) is 2. The monoisotopic (exact) mass is 315 g/mol. The Labute approximate surface area is 132 Å². The maximum atomic E-state index is 12.5. The summed E-state index contributed by atoms with van der Waals surface area (Å²) in [5.41, 5.74) is 7.87. The zero-order valence-electron chi connectivity index (χ0n) is 12.0. The summed E-state index contributed by atoms with van der Waals surface area (Å²) in [4.78, 5) is 26.5. The van der Waals surface area contributed by atoms with E-state index in [0.29, 0.717) is 18.7 Å². The van der Waals surface area contributed by atoms with E-state index in [4.69, 9.17) is 5.73 Å². The third-order valence-electron chi connectivity index (χ3n) is 3.76. The van der Waals surface area contributed by atoms with Crippen molar-refractivity contribution >= 4 is 23.3 Å². The SMILES string of the molecule is NC(=O)NCc1ccc(C(=O)N2CCc3sccc3C2)cc1. The van der Waals surface area contributed by atoms with Crippen LogP contribution in [0, 0.1) is 0 Å². The van der Waals surface area contributed by atoms with E-state index < -0.39 is 6.03 Å². The molecule has 114 valence electrons. The smallest absolute Gasteiger partial charge is 0.312 e. The first-order valence-corrected chi connectivity index (χ1v) is 7.98. The van der Waals surface area contributed by atoms with Crippen LogP contribution in [0.2, 0.25) is 0 Å². The topological polar surface area (TPSA) is 75.4 Å². The molecule has 6 heteroatoms. The zero-order chi connectivity index (χ0) is 15.5. The number of rotatable bonds is 3. The van der Waals surface area contributed by atoms with Gasteiger partial charge in [-0.3, -0.25) is 4.79 Å². The third kappa shape index (κ3) is 3.12. The van der Waals surface area contributed by atoms with Crippen molar-refractivity contribution in [3.63, 3.8) is 0 Å². The summed E-state index contributed by atoms with van der Waals surface area (Å²) >= 11 is 1.76. The molecule has 22 heavy (non-hydrogen) atoms. The van der Waals surface area contributed by atoms with Crippen molar-refractivity contribution in [1.82, 2.24) is 10.2 Å². The van der Waals surface area contributed by atoms with Crippen LogP contribution in [0.5, 0.6) is 0 Å². The molecule has 0 spiro atoms. The molecule has 2 heterocycles. The molecule has 0 saturated heterocycles. The van der Waals surface area contributed by atoms with Gasteiger partial charge in [-0.2, -0.15) is 0 Å². The van der Waals surface area contributed by atoms with Gasteiger partial charge in [-0.15, -0.1) is 11.3 Å². The molecular formula is C16H17N3O2S. The molecule has 1 aromatic carbocycles. The van der Waals surface area contributed by atoms with Gasteiger partial charge in [0.1, 0.15) is 0 Å². The Balaban J connectivity index is 1.66. The first-order valence-electron chi connectivity index (χ1n) is 7.10. The van der Waals surface area contributed by atoms with Gasteiger partial charge in [0.15, 0.2) is 0 Å². The number of nitrogens with one attached hydrogen (secondary N) is 1. The van der Waals surface area contributed by atoms with E-state index in [1.54, 1.807) is 23.5 Å². The number of urea groups is 1. The Hall–Kier alpha value is -2.34. The Bertz CT molecular complexity index is 694. The number of carbonyl (C=O) groups is 2. The molecule has 3 rings (SSSR count). The van der Waals surface area contributed by atoms with Crippen molar-refractivity contribution in [3.8, 4) is 0 Å². The fourth-order valence-electron chi connectivity index (χ4n) is 2.56. The lowest BCUT2D eigenvalue weighted by Crippen LogP contribution is -2.35. The van der Waals surface area contributed by atoms with E-state index in [1.807, 2.05) is 17.0 Å². The molecule has 0 bridgehead atoms. The van der Waals surface area contributed by atoms with Crippen LogP contribution in [-0.4, -0.2) is 23.4 Å². The molecular weight excluding hydrogens is 298 g/mol. The van der Waals surface area contributed by atoms with Crippen molar-refractivity contribution in [2.24, 2.45) is 5.73 Å². The molecule has 1 aliphatic rings. The number of benzene rings is 1. The maximum absolute atomic E-state index is 12.5. The van der Waals surface area contributed by atoms with Crippen molar-refractivity contribution < 1.29 is 9.59 Å². The Morgan fingerprint density at radius 2 is 2.00 bits per heavy atom. The third-order valence-corrected chi connectivity index (χ3v) is 4.79. The minimum absolute atomic E-state index is 0.0475. The number of hydrogen-bond acceptors (Lipinski definition) is 3. The molecule has 1 aliphatic heterocycles. The molecule has 3 amide bonds. The summed E-state index contributed by atoms with van der Waals surface area (Å²) in [6, 6.07) is 8.80. The minimum atomic E-state index is -0.556. The number of amides is 3. The molecule has 2 aromatic rings. The highest BCUT2D eigenvalue weighted by atomic mass is 32.1. The molecule has 1 aromatic heterocycles. The number of thiophene rings is 1. The average molecular weight is 315 g/mol. The van der Waals surface area contributed by atoms with E-state index in [-0.39, 0.29) is 5.91 Å². The largest absolute Gasteiger partial charge is 0.352 e. The molecule has 0 aliphatic carbocycles. The van der Waals surface area contributed by atoms with Crippen LogP contribution in [-0.2, 0) is 19.5 Å².